The Hall–Kier alpha value is -2.62. The standard InChI is InChI=1S/C20H17N3OS2/c1-13(2)26-17-5-3-4-16(10-17)19(24)23-20-22-18(12-25-20)15-8-6-14(11-21)7-9-15/h3-10,12-13H,1-2H3,(H,22,23,24). The first-order valence-corrected chi connectivity index (χ1v) is 9.85. The van der Waals surface area contributed by atoms with Crippen LogP contribution in [0.2, 0.25) is 0 Å². The summed E-state index contributed by atoms with van der Waals surface area (Å²) in [6.45, 7) is 4.25. The van der Waals surface area contributed by atoms with Crippen molar-refractivity contribution in [2.24, 2.45) is 0 Å². The molecule has 1 heterocycles. The van der Waals surface area contributed by atoms with Crippen molar-refractivity contribution in [2.45, 2.75) is 24.0 Å². The molecule has 3 rings (SSSR count). The molecule has 0 aliphatic rings. The first kappa shape index (κ1) is 18.2. The van der Waals surface area contributed by atoms with Crippen molar-refractivity contribution in [3.8, 4) is 17.3 Å². The Bertz CT molecular complexity index is 956. The lowest BCUT2D eigenvalue weighted by Gasteiger charge is -2.07. The van der Waals surface area contributed by atoms with E-state index in [4.69, 9.17) is 5.26 Å². The summed E-state index contributed by atoms with van der Waals surface area (Å²) >= 11 is 3.10. The molecular formula is C20H17N3OS2. The minimum Gasteiger partial charge on any atom is -0.298 e. The normalized spacial score (nSPS) is 10.5. The average Bonchev–Trinajstić information content (AvgIpc) is 3.10. The summed E-state index contributed by atoms with van der Waals surface area (Å²) in [4.78, 5) is 18.0. The second-order valence-electron chi connectivity index (χ2n) is 5.88. The van der Waals surface area contributed by atoms with Gasteiger partial charge in [-0.05, 0) is 30.3 Å². The van der Waals surface area contributed by atoms with Gasteiger partial charge in [0.25, 0.3) is 5.91 Å². The van der Waals surface area contributed by atoms with Crippen LogP contribution < -0.4 is 5.32 Å². The summed E-state index contributed by atoms with van der Waals surface area (Å²) < 4.78 is 0. The van der Waals surface area contributed by atoms with Crippen molar-refractivity contribution >= 4 is 34.1 Å². The third-order valence-corrected chi connectivity index (χ3v) is 5.26. The van der Waals surface area contributed by atoms with Crippen LogP contribution in [-0.2, 0) is 0 Å². The van der Waals surface area contributed by atoms with Crippen molar-refractivity contribution in [1.82, 2.24) is 4.98 Å². The van der Waals surface area contributed by atoms with Gasteiger partial charge in [-0.25, -0.2) is 4.98 Å². The van der Waals surface area contributed by atoms with Gasteiger partial charge >= 0.3 is 0 Å². The predicted octanol–water partition coefficient (Wildman–Crippen LogP) is 5.43. The van der Waals surface area contributed by atoms with Crippen molar-refractivity contribution in [1.29, 1.82) is 5.26 Å². The van der Waals surface area contributed by atoms with Gasteiger partial charge < -0.3 is 0 Å². The van der Waals surface area contributed by atoms with Gasteiger partial charge in [0.05, 0.1) is 17.3 Å². The summed E-state index contributed by atoms with van der Waals surface area (Å²) in [5, 5.41) is 14.6. The van der Waals surface area contributed by atoms with Gasteiger partial charge in [0, 0.05) is 26.7 Å². The molecule has 0 bridgehead atoms. The number of thioether (sulfide) groups is 1. The van der Waals surface area contributed by atoms with Gasteiger partial charge in [0.1, 0.15) is 0 Å². The van der Waals surface area contributed by atoms with E-state index in [-0.39, 0.29) is 5.91 Å². The van der Waals surface area contributed by atoms with Crippen molar-refractivity contribution in [3.05, 3.63) is 65.0 Å². The summed E-state index contributed by atoms with van der Waals surface area (Å²) in [5.74, 6) is -0.170. The van der Waals surface area contributed by atoms with Crippen LogP contribution in [0.4, 0.5) is 5.13 Å². The molecule has 6 heteroatoms. The van der Waals surface area contributed by atoms with E-state index in [0.717, 1.165) is 16.2 Å². The van der Waals surface area contributed by atoms with Crippen LogP contribution in [0.3, 0.4) is 0 Å². The molecule has 0 unspecified atom stereocenters. The van der Waals surface area contributed by atoms with E-state index in [9.17, 15) is 4.79 Å². The third-order valence-electron chi connectivity index (χ3n) is 3.50. The van der Waals surface area contributed by atoms with Crippen LogP contribution in [0.5, 0.6) is 0 Å². The Morgan fingerprint density at radius 2 is 2.00 bits per heavy atom. The maximum absolute atomic E-state index is 12.5. The fraction of sp³-hybridized carbons (Fsp3) is 0.150. The van der Waals surface area contributed by atoms with Gasteiger partial charge in [0.2, 0.25) is 0 Å². The molecule has 0 aliphatic heterocycles. The lowest BCUT2D eigenvalue weighted by molar-refractivity contribution is 0.102. The molecule has 1 aromatic heterocycles. The van der Waals surface area contributed by atoms with Gasteiger partial charge in [0.15, 0.2) is 5.13 Å². The fourth-order valence-electron chi connectivity index (χ4n) is 2.33. The Balaban J connectivity index is 1.72. The molecule has 3 aromatic rings. The molecule has 0 atom stereocenters. The van der Waals surface area contributed by atoms with Crippen LogP contribution in [0.15, 0.2) is 58.8 Å². The first-order chi connectivity index (χ1) is 12.5. The quantitative estimate of drug-likeness (QED) is 0.600. The zero-order valence-electron chi connectivity index (χ0n) is 14.4. The van der Waals surface area contributed by atoms with Crippen LogP contribution in [0, 0.1) is 11.3 Å². The minimum absolute atomic E-state index is 0.170. The molecular weight excluding hydrogens is 362 g/mol. The summed E-state index contributed by atoms with van der Waals surface area (Å²) in [7, 11) is 0. The third kappa shape index (κ3) is 4.51. The van der Waals surface area contributed by atoms with E-state index < -0.39 is 0 Å². The lowest BCUT2D eigenvalue weighted by Crippen LogP contribution is -2.11. The molecule has 0 saturated heterocycles. The number of nitrogens with one attached hydrogen (secondary N) is 1. The predicted molar refractivity (Wildman–Crippen MR) is 108 cm³/mol. The molecule has 1 amide bonds. The molecule has 26 heavy (non-hydrogen) atoms. The van der Waals surface area contributed by atoms with E-state index in [2.05, 4.69) is 30.2 Å². The van der Waals surface area contributed by atoms with E-state index in [1.54, 1.807) is 30.0 Å². The van der Waals surface area contributed by atoms with Crippen molar-refractivity contribution in [3.63, 3.8) is 0 Å². The zero-order chi connectivity index (χ0) is 18.5. The molecule has 0 saturated carbocycles. The summed E-state index contributed by atoms with van der Waals surface area (Å²) in [5.41, 5.74) is 2.91. The second-order valence-corrected chi connectivity index (χ2v) is 8.38. The fourth-order valence-corrected chi connectivity index (χ4v) is 3.94. The van der Waals surface area contributed by atoms with Crippen molar-refractivity contribution in [2.75, 3.05) is 5.32 Å². The Morgan fingerprint density at radius 1 is 1.23 bits per heavy atom. The second kappa shape index (κ2) is 8.17. The molecule has 1 N–H and O–H groups in total. The number of rotatable bonds is 5. The Morgan fingerprint density at radius 3 is 2.69 bits per heavy atom. The Kier molecular flexibility index (Phi) is 5.71. The highest BCUT2D eigenvalue weighted by atomic mass is 32.2. The monoisotopic (exact) mass is 379 g/mol. The highest BCUT2D eigenvalue weighted by molar-refractivity contribution is 7.99. The molecule has 130 valence electrons. The number of hydrogen-bond acceptors (Lipinski definition) is 5. The minimum atomic E-state index is -0.170. The largest absolute Gasteiger partial charge is 0.298 e. The van der Waals surface area contributed by atoms with E-state index >= 15 is 0 Å². The van der Waals surface area contributed by atoms with Gasteiger partial charge in [-0.15, -0.1) is 23.1 Å². The number of hydrogen-bond donors (Lipinski definition) is 1. The number of nitriles is 1. The number of carbonyl (C=O) groups is 1. The SMILES string of the molecule is CC(C)Sc1cccc(C(=O)Nc2nc(-c3ccc(C#N)cc3)cs2)c1. The summed E-state index contributed by atoms with van der Waals surface area (Å²) in [6, 6.07) is 16.9. The first-order valence-electron chi connectivity index (χ1n) is 8.09. The number of nitrogens with zero attached hydrogens (tertiary/aromatic N) is 2. The molecule has 0 radical (unpaired) electrons. The maximum Gasteiger partial charge on any atom is 0.257 e. The average molecular weight is 380 g/mol. The van der Waals surface area contributed by atoms with Crippen LogP contribution in [0.25, 0.3) is 11.3 Å². The molecule has 2 aromatic carbocycles. The lowest BCUT2D eigenvalue weighted by atomic mass is 10.1. The van der Waals surface area contributed by atoms with E-state index in [1.165, 1.54) is 11.3 Å². The van der Waals surface area contributed by atoms with Crippen LogP contribution in [-0.4, -0.2) is 16.1 Å². The smallest absolute Gasteiger partial charge is 0.257 e. The molecule has 0 fully saturated rings. The highest BCUT2D eigenvalue weighted by Crippen LogP contribution is 2.27. The van der Waals surface area contributed by atoms with Crippen LogP contribution >= 0.6 is 23.1 Å². The molecule has 0 aliphatic carbocycles. The summed E-state index contributed by atoms with van der Waals surface area (Å²) in [6.07, 6.45) is 0. The number of benzene rings is 2. The number of carbonyl (C=O) groups excluding carboxylic acids is 1. The van der Waals surface area contributed by atoms with E-state index in [1.807, 2.05) is 35.7 Å². The van der Waals surface area contributed by atoms with E-state index in [0.29, 0.717) is 21.5 Å². The number of anilines is 1. The molecule has 4 nitrogen and oxygen atoms in total. The number of aromatic nitrogens is 1. The molecule has 0 spiro atoms. The topological polar surface area (TPSA) is 65.8 Å². The number of amides is 1. The Labute approximate surface area is 160 Å². The van der Waals surface area contributed by atoms with Gasteiger partial charge in [-0.3, -0.25) is 10.1 Å². The highest BCUT2D eigenvalue weighted by Gasteiger charge is 2.11. The van der Waals surface area contributed by atoms with Crippen LogP contribution in [0.1, 0.15) is 29.8 Å². The maximum atomic E-state index is 12.5. The zero-order valence-corrected chi connectivity index (χ0v) is 16.0. The van der Waals surface area contributed by atoms with Gasteiger partial charge in [-0.1, -0.05) is 32.0 Å². The number of thiazole rings is 1. The van der Waals surface area contributed by atoms with Gasteiger partial charge in [-0.2, -0.15) is 5.26 Å². The van der Waals surface area contributed by atoms with Crippen molar-refractivity contribution < 1.29 is 4.79 Å².